The van der Waals surface area contributed by atoms with Gasteiger partial charge in [-0.15, -0.1) is 0 Å². The Morgan fingerprint density at radius 1 is 1.08 bits per heavy atom. The molecule has 1 aromatic rings. The second-order valence-electron chi connectivity index (χ2n) is 5.82. The van der Waals surface area contributed by atoms with Crippen molar-refractivity contribution in [2.45, 2.75) is 20.8 Å². The van der Waals surface area contributed by atoms with Crippen LogP contribution in [-0.4, -0.2) is 54.8 Å². The monoisotopic (exact) mass is 432 g/mol. The fraction of sp³-hybridized carbons (Fsp3) is 0.250. The van der Waals surface area contributed by atoms with Crippen LogP contribution < -0.4 is 4.46 Å². The fourth-order valence-corrected chi connectivity index (χ4v) is 5.74. The van der Waals surface area contributed by atoms with E-state index in [2.05, 4.69) is 6.07 Å². The van der Waals surface area contributed by atoms with Gasteiger partial charge < -0.3 is 0 Å². The topological polar surface area (TPSA) is 40.6 Å². The van der Waals surface area contributed by atoms with Crippen LogP contribution in [0.15, 0.2) is 52.5 Å². The van der Waals surface area contributed by atoms with Crippen LogP contribution >= 0.6 is 12.2 Å². The summed E-state index contributed by atoms with van der Waals surface area (Å²) in [5, 5.41) is 0.292. The van der Waals surface area contributed by atoms with Crippen molar-refractivity contribution in [1.29, 1.82) is 0 Å². The SMILES string of the molecule is C/C=C/C1=CC(=C2C(=O)N(CC)C(=S)N(CC)C2=O)c2ccccc2[Se]1. The van der Waals surface area contributed by atoms with Crippen LogP contribution in [0.4, 0.5) is 0 Å². The molecule has 4 nitrogen and oxygen atoms in total. The third-order valence-electron chi connectivity index (χ3n) is 4.30. The van der Waals surface area contributed by atoms with Crippen LogP contribution in [0.25, 0.3) is 5.57 Å². The summed E-state index contributed by atoms with van der Waals surface area (Å²) in [6.45, 7) is 6.59. The Bertz CT molecular complexity index is 858. The van der Waals surface area contributed by atoms with Crippen LogP contribution in [0.3, 0.4) is 0 Å². The Hall–Kier alpha value is -2.01. The molecule has 0 radical (unpaired) electrons. The summed E-state index contributed by atoms with van der Waals surface area (Å²) >= 11 is 5.51. The van der Waals surface area contributed by atoms with E-state index in [1.54, 1.807) is 0 Å². The first-order chi connectivity index (χ1) is 12.5. The Morgan fingerprint density at radius 3 is 2.27 bits per heavy atom. The normalized spacial score (nSPS) is 18.0. The third kappa shape index (κ3) is 3.09. The van der Waals surface area contributed by atoms with Crippen molar-refractivity contribution in [2.75, 3.05) is 13.1 Å². The molecule has 134 valence electrons. The molecular weight excluding hydrogens is 411 g/mol. The van der Waals surface area contributed by atoms with Crippen molar-refractivity contribution >= 4 is 54.1 Å². The van der Waals surface area contributed by atoms with E-state index in [0.717, 1.165) is 10.0 Å². The molecule has 0 spiro atoms. The predicted molar refractivity (Wildman–Crippen MR) is 109 cm³/mol. The van der Waals surface area contributed by atoms with Crippen molar-refractivity contribution in [3.8, 4) is 0 Å². The Balaban J connectivity index is 2.28. The molecule has 2 aliphatic heterocycles. The standard InChI is InChI=1S/C20H20N2O2SSe/c1-4-9-13-12-15(14-10-7-8-11-16(14)26-13)17-18(23)21(5-2)20(25)22(6-3)19(17)24/h4,7-12H,5-6H2,1-3H3/b9-4+. The molecule has 0 N–H and O–H groups in total. The van der Waals surface area contributed by atoms with E-state index in [9.17, 15) is 9.59 Å². The summed E-state index contributed by atoms with van der Waals surface area (Å²) in [5.74, 6) is -0.607. The van der Waals surface area contributed by atoms with E-state index in [4.69, 9.17) is 12.2 Å². The van der Waals surface area contributed by atoms with Gasteiger partial charge in [-0.1, -0.05) is 0 Å². The molecule has 1 saturated heterocycles. The summed E-state index contributed by atoms with van der Waals surface area (Å²) in [5.41, 5.74) is 1.89. The van der Waals surface area contributed by atoms with Gasteiger partial charge in [0.25, 0.3) is 0 Å². The Kier molecular flexibility index (Phi) is 5.56. The molecule has 2 aliphatic rings. The molecule has 6 heteroatoms. The van der Waals surface area contributed by atoms with Crippen LogP contribution in [0, 0.1) is 0 Å². The van der Waals surface area contributed by atoms with Crippen molar-refractivity contribution < 1.29 is 9.59 Å². The van der Waals surface area contributed by atoms with E-state index in [-0.39, 0.29) is 32.3 Å². The first-order valence-corrected chi connectivity index (χ1v) is 10.7. The molecule has 2 amide bonds. The van der Waals surface area contributed by atoms with Crippen molar-refractivity contribution in [2.24, 2.45) is 0 Å². The molecular formula is C20H20N2O2SSe. The molecule has 1 fully saturated rings. The zero-order chi connectivity index (χ0) is 18.8. The van der Waals surface area contributed by atoms with Gasteiger partial charge in [-0.3, -0.25) is 0 Å². The van der Waals surface area contributed by atoms with Gasteiger partial charge in [-0.05, 0) is 0 Å². The average molecular weight is 431 g/mol. The molecule has 0 unspecified atom stereocenters. The fourth-order valence-electron chi connectivity index (χ4n) is 3.08. The van der Waals surface area contributed by atoms with Crippen LogP contribution in [-0.2, 0) is 9.59 Å². The van der Waals surface area contributed by atoms with E-state index < -0.39 is 0 Å². The molecule has 2 heterocycles. The molecule has 26 heavy (non-hydrogen) atoms. The average Bonchev–Trinajstić information content (AvgIpc) is 2.62. The predicted octanol–water partition coefficient (Wildman–Crippen LogP) is 2.24. The van der Waals surface area contributed by atoms with Gasteiger partial charge in [0.1, 0.15) is 0 Å². The Morgan fingerprint density at radius 2 is 1.69 bits per heavy atom. The molecule has 0 atom stereocenters. The zero-order valence-electron chi connectivity index (χ0n) is 15.0. The first-order valence-electron chi connectivity index (χ1n) is 8.57. The third-order valence-corrected chi connectivity index (χ3v) is 6.98. The number of thiocarbonyl (C=S) groups is 1. The summed E-state index contributed by atoms with van der Waals surface area (Å²) in [7, 11) is 0. The van der Waals surface area contributed by atoms with E-state index in [0.29, 0.717) is 23.8 Å². The number of benzene rings is 1. The van der Waals surface area contributed by atoms with Gasteiger partial charge in [-0.25, -0.2) is 0 Å². The van der Waals surface area contributed by atoms with E-state index in [1.807, 2.05) is 57.2 Å². The number of likely N-dealkylation sites (N-methyl/N-ethyl adjacent to an activating group) is 2. The minimum absolute atomic E-state index is 0.151. The molecule has 0 saturated carbocycles. The quantitative estimate of drug-likeness (QED) is 0.319. The summed E-state index contributed by atoms with van der Waals surface area (Å²) in [4.78, 5) is 29.2. The summed E-state index contributed by atoms with van der Waals surface area (Å²) in [6.07, 6.45) is 6.03. The second-order valence-corrected chi connectivity index (χ2v) is 8.52. The van der Waals surface area contributed by atoms with Gasteiger partial charge in [-0.2, -0.15) is 0 Å². The number of nitrogens with zero attached hydrogens (tertiary/aromatic N) is 2. The number of hydrogen-bond acceptors (Lipinski definition) is 3. The molecule has 0 aliphatic carbocycles. The van der Waals surface area contributed by atoms with Gasteiger partial charge in [0.2, 0.25) is 0 Å². The number of carbonyl (C=O) groups is 2. The molecule has 3 rings (SSSR count). The minimum atomic E-state index is -0.303. The van der Waals surface area contributed by atoms with E-state index in [1.165, 1.54) is 14.3 Å². The first kappa shape index (κ1) is 18.8. The summed E-state index contributed by atoms with van der Waals surface area (Å²) in [6, 6.07) is 8.01. The second kappa shape index (κ2) is 7.70. The molecule has 1 aromatic carbocycles. The molecule has 0 bridgehead atoms. The number of hydrogen-bond donors (Lipinski definition) is 0. The van der Waals surface area contributed by atoms with Crippen molar-refractivity contribution in [3.05, 3.63) is 58.1 Å². The number of amides is 2. The number of allylic oxidation sites excluding steroid dienone is 5. The van der Waals surface area contributed by atoms with Gasteiger partial charge >= 0.3 is 165 Å². The number of rotatable bonds is 3. The van der Waals surface area contributed by atoms with E-state index >= 15 is 0 Å². The maximum absolute atomic E-state index is 13.1. The number of carbonyl (C=O) groups excluding carboxylic acids is 2. The maximum atomic E-state index is 13.1. The van der Waals surface area contributed by atoms with Gasteiger partial charge in [0, 0.05) is 0 Å². The van der Waals surface area contributed by atoms with Gasteiger partial charge in [0.05, 0.1) is 0 Å². The van der Waals surface area contributed by atoms with Crippen LogP contribution in [0.1, 0.15) is 26.3 Å². The molecule has 0 aromatic heterocycles. The van der Waals surface area contributed by atoms with Crippen molar-refractivity contribution in [1.82, 2.24) is 9.80 Å². The Labute approximate surface area is 165 Å². The van der Waals surface area contributed by atoms with Gasteiger partial charge in [0.15, 0.2) is 0 Å². The van der Waals surface area contributed by atoms with Crippen LogP contribution in [0.2, 0.25) is 0 Å². The number of fused-ring (bicyclic) bond motifs is 1. The van der Waals surface area contributed by atoms with Crippen LogP contribution in [0.5, 0.6) is 0 Å². The van der Waals surface area contributed by atoms with Crippen molar-refractivity contribution in [3.63, 3.8) is 0 Å². The zero-order valence-corrected chi connectivity index (χ0v) is 17.5. The summed E-state index contributed by atoms with van der Waals surface area (Å²) < 4.78 is 2.32.